The van der Waals surface area contributed by atoms with Crippen molar-refractivity contribution >= 4 is 40.8 Å². The van der Waals surface area contributed by atoms with Crippen LogP contribution in [0, 0.1) is 0 Å². The number of piperidine rings is 1. The molecule has 0 spiro atoms. The van der Waals surface area contributed by atoms with Crippen LogP contribution >= 0.6 is 23.2 Å². The van der Waals surface area contributed by atoms with E-state index in [4.69, 9.17) is 32.9 Å². The molecule has 2 fully saturated rings. The second-order valence-corrected chi connectivity index (χ2v) is 7.97. The molecule has 1 unspecified atom stereocenters. The summed E-state index contributed by atoms with van der Waals surface area (Å²) in [6, 6.07) is 4.03. The summed E-state index contributed by atoms with van der Waals surface area (Å²) >= 11 is 12.4. The molecule has 2 aromatic rings. The van der Waals surface area contributed by atoms with E-state index in [9.17, 15) is 0 Å². The fraction of sp³-hybridized carbons (Fsp3) is 0.526. The summed E-state index contributed by atoms with van der Waals surface area (Å²) in [5.41, 5.74) is 0. The largest absolute Gasteiger partial charge is 0.378 e. The van der Waals surface area contributed by atoms with E-state index >= 15 is 0 Å². The fourth-order valence-electron chi connectivity index (χ4n) is 3.74. The average molecular weight is 423 g/mol. The van der Waals surface area contributed by atoms with E-state index in [-0.39, 0.29) is 0 Å². The molecule has 7 nitrogen and oxygen atoms in total. The second-order valence-electron chi connectivity index (χ2n) is 7.13. The van der Waals surface area contributed by atoms with Gasteiger partial charge in [0, 0.05) is 51.7 Å². The van der Waals surface area contributed by atoms with Gasteiger partial charge in [0.25, 0.3) is 0 Å². The molecule has 0 radical (unpaired) electrons. The van der Waals surface area contributed by atoms with Crippen molar-refractivity contribution in [1.29, 1.82) is 0 Å². The zero-order valence-electron chi connectivity index (χ0n) is 15.9. The molecule has 2 aromatic heterocycles. The second kappa shape index (κ2) is 8.68. The van der Waals surface area contributed by atoms with Gasteiger partial charge in [0.05, 0.1) is 23.3 Å². The van der Waals surface area contributed by atoms with Crippen LogP contribution in [0.1, 0.15) is 12.8 Å². The highest BCUT2D eigenvalue weighted by Gasteiger charge is 2.26. The molecule has 150 valence electrons. The average Bonchev–Trinajstić information content (AvgIpc) is 2.74. The Bertz CT molecular complexity index is 817. The molecule has 9 heteroatoms. The highest BCUT2D eigenvalue weighted by atomic mass is 35.5. The van der Waals surface area contributed by atoms with Gasteiger partial charge >= 0.3 is 0 Å². The topological polar surface area (TPSA) is 57.6 Å². The SMILES string of the molecule is CN(c1ccnc(N2CCOCC2)n1)C1CCCN(c2ncc(Cl)cc2Cl)C1. The van der Waals surface area contributed by atoms with Crippen molar-refractivity contribution in [3.63, 3.8) is 0 Å². The monoisotopic (exact) mass is 422 g/mol. The lowest BCUT2D eigenvalue weighted by atomic mass is 10.0. The van der Waals surface area contributed by atoms with E-state index in [0.29, 0.717) is 16.1 Å². The number of ether oxygens (including phenoxy) is 1. The lowest BCUT2D eigenvalue weighted by molar-refractivity contribution is 0.122. The number of aromatic nitrogens is 3. The molecule has 4 heterocycles. The van der Waals surface area contributed by atoms with Crippen LogP contribution in [-0.4, -0.2) is 67.4 Å². The van der Waals surface area contributed by atoms with Gasteiger partial charge in [-0.05, 0) is 25.0 Å². The van der Waals surface area contributed by atoms with E-state index in [2.05, 4.69) is 31.7 Å². The first-order valence-electron chi connectivity index (χ1n) is 9.56. The van der Waals surface area contributed by atoms with E-state index < -0.39 is 0 Å². The Balaban J connectivity index is 1.49. The summed E-state index contributed by atoms with van der Waals surface area (Å²) in [6.07, 6.45) is 5.64. The molecule has 2 aliphatic rings. The van der Waals surface area contributed by atoms with E-state index in [1.54, 1.807) is 12.3 Å². The van der Waals surface area contributed by atoms with E-state index in [1.807, 2.05) is 12.3 Å². The molecule has 2 saturated heterocycles. The van der Waals surface area contributed by atoms with Gasteiger partial charge < -0.3 is 19.4 Å². The minimum absolute atomic E-state index is 0.315. The first kappa shape index (κ1) is 19.5. The molecule has 4 rings (SSSR count). The smallest absolute Gasteiger partial charge is 0.227 e. The van der Waals surface area contributed by atoms with Crippen molar-refractivity contribution in [1.82, 2.24) is 15.0 Å². The van der Waals surface area contributed by atoms with Crippen LogP contribution in [-0.2, 0) is 4.74 Å². The van der Waals surface area contributed by atoms with Gasteiger partial charge in [-0.1, -0.05) is 23.2 Å². The normalized spacial score (nSPS) is 20.3. The van der Waals surface area contributed by atoms with Gasteiger partial charge in [-0.3, -0.25) is 0 Å². The molecule has 0 aliphatic carbocycles. The maximum Gasteiger partial charge on any atom is 0.227 e. The Morgan fingerprint density at radius 1 is 1.14 bits per heavy atom. The van der Waals surface area contributed by atoms with Gasteiger partial charge in [-0.15, -0.1) is 0 Å². The summed E-state index contributed by atoms with van der Waals surface area (Å²) in [5.74, 6) is 2.49. The number of hydrogen-bond donors (Lipinski definition) is 0. The predicted molar refractivity (Wildman–Crippen MR) is 113 cm³/mol. The number of hydrogen-bond acceptors (Lipinski definition) is 7. The number of likely N-dealkylation sites (N-methyl/N-ethyl adjacent to an activating group) is 1. The zero-order valence-corrected chi connectivity index (χ0v) is 17.4. The van der Waals surface area contributed by atoms with Gasteiger partial charge in [0.2, 0.25) is 5.95 Å². The lowest BCUT2D eigenvalue weighted by Crippen LogP contribution is -2.47. The molecule has 28 heavy (non-hydrogen) atoms. The van der Waals surface area contributed by atoms with Crippen molar-refractivity contribution < 1.29 is 4.74 Å². The molecular formula is C19H24Cl2N6O. The first-order chi connectivity index (χ1) is 13.6. The number of nitrogens with zero attached hydrogens (tertiary/aromatic N) is 6. The van der Waals surface area contributed by atoms with Gasteiger partial charge in [-0.25, -0.2) is 9.97 Å². The minimum Gasteiger partial charge on any atom is -0.378 e. The predicted octanol–water partition coefficient (Wildman–Crippen LogP) is 3.12. The molecule has 0 bridgehead atoms. The maximum atomic E-state index is 6.38. The van der Waals surface area contributed by atoms with Crippen LogP contribution in [0.5, 0.6) is 0 Å². The van der Waals surface area contributed by atoms with Crippen molar-refractivity contribution in [3.8, 4) is 0 Å². The van der Waals surface area contributed by atoms with Crippen LogP contribution in [0.4, 0.5) is 17.6 Å². The summed E-state index contributed by atoms with van der Waals surface area (Å²) in [5, 5.41) is 1.14. The molecule has 0 amide bonds. The quantitative estimate of drug-likeness (QED) is 0.749. The van der Waals surface area contributed by atoms with Crippen LogP contribution < -0.4 is 14.7 Å². The van der Waals surface area contributed by atoms with Crippen molar-refractivity contribution in [2.24, 2.45) is 0 Å². The van der Waals surface area contributed by atoms with Crippen molar-refractivity contribution in [2.45, 2.75) is 18.9 Å². The number of pyridine rings is 1. The Kier molecular flexibility index (Phi) is 6.04. The summed E-state index contributed by atoms with van der Waals surface area (Å²) in [6.45, 7) is 4.85. The third-order valence-electron chi connectivity index (χ3n) is 5.32. The fourth-order valence-corrected chi connectivity index (χ4v) is 4.24. The van der Waals surface area contributed by atoms with Crippen molar-refractivity contribution in [3.05, 3.63) is 34.6 Å². The number of anilines is 3. The van der Waals surface area contributed by atoms with E-state index in [0.717, 1.165) is 69.8 Å². The van der Waals surface area contributed by atoms with Crippen LogP contribution in [0.15, 0.2) is 24.5 Å². The molecular weight excluding hydrogens is 399 g/mol. The molecule has 0 saturated carbocycles. The highest BCUT2D eigenvalue weighted by Crippen LogP contribution is 2.30. The Morgan fingerprint density at radius 3 is 2.75 bits per heavy atom. The number of rotatable bonds is 4. The Hall–Kier alpha value is -1.83. The number of halogens is 2. The number of morpholine rings is 1. The Labute approximate surface area is 175 Å². The van der Waals surface area contributed by atoms with Gasteiger partial charge in [-0.2, -0.15) is 4.98 Å². The molecule has 0 aromatic carbocycles. The molecule has 0 N–H and O–H groups in total. The molecule has 1 atom stereocenters. The lowest BCUT2D eigenvalue weighted by Gasteiger charge is -2.39. The van der Waals surface area contributed by atoms with Crippen LogP contribution in [0.2, 0.25) is 10.0 Å². The zero-order chi connectivity index (χ0) is 19.5. The van der Waals surface area contributed by atoms with Crippen LogP contribution in [0.3, 0.4) is 0 Å². The Morgan fingerprint density at radius 2 is 1.96 bits per heavy atom. The van der Waals surface area contributed by atoms with Crippen molar-refractivity contribution in [2.75, 3.05) is 61.1 Å². The summed E-state index contributed by atoms with van der Waals surface area (Å²) in [4.78, 5) is 20.3. The minimum atomic E-state index is 0.315. The summed E-state index contributed by atoms with van der Waals surface area (Å²) in [7, 11) is 2.09. The van der Waals surface area contributed by atoms with Gasteiger partial charge in [0.1, 0.15) is 11.6 Å². The van der Waals surface area contributed by atoms with Crippen LogP contribution in [0.25, 0.3) is 0 Å². The highest BCUT2D eigenvalue weighted by molar-refractivity contribution is 6.36. The van der Waals surface area contributed by atoms with Gasteiger partial charge in [0.15, 0.2) is 0 Å². The maximum absolute atomic E-state index is 6.38. The standard InChI is InChI=1S/C19H24Cl2N6O/c1-25(17-4-5-22-19(24-17)26-7-9-28-10-8-26)15-3-2-6-27(13-15)18-16(21)11-14(20)12-23-18/h4-5,11-12,15H,2-3,6-10,13H2,1H3. The first-order valence-corrected chi connectivity index (χ1v) is 10.3. The summed E-state index contributed by atoms with van der Waals surface area (Å²) < 4.78 is 5.43. The third-order valence-corrected chi connectivity index (χ3v) is 5.80. The third kappa shape index (κ3) is 4.26. The van der Waals surface area contributed by atoms with E-state index in [1.165, 1.54) is 0 Å². The molecule has 2 aliphatic heterocycles.